The van der Waals surface area contributed by atoms with E-state index >= 15 is 0 Å². The van der Waals surface area contributed by atoms with Crippen LogP contribution in [0.2, 0.25) is 0 Å². The van der Waals surface area contributed by atoms with E-state index in [2.05, 4.69) is 9.97 Å². The molecule has 4 heterocycles. The van der Waals surface area contributed by atoms with Crippen LogP contribution < -0.4 is 4.90 Å². The second-order valence-electron chi connectivity index (χ2n) is 6.37. The number of nitrogens with zero attached hydrogens (tertiary/aromatic N) is 3. The lowest BCUT2D eigenvalue weighted by molar-refractivity contribution is -0.117. The number of rotatable bonds is 4. The zero-order chi connectivity index (χ0) is 20.0. The second-order valence-corrected chi connectivity index (χ2v) is 8.32. The number of anilines is 1. The minimum atomic E-state index is -0.848. The first kappa shape index (κ1) is 17.7. The van der Waals surface area contributed by atoms with Crippen molar-refractivity contribution in [3.63, 3.8) is 0 Å². The summed E-state index contributed by atoms with van der Waals surface area (Å²) in [5, 5.41) is 12.9. The van der Waals surface area contributed by atoms with Crippen molar-refractivity contribution in [2.75, 3.05) is 4.90 Å². The molecule has 0 fully saturated rings. The van der Waals surface area contributed by atoms with Crippen LogP contribution in [0, 0.1) is 0 Å². The van der Waals surface area contributed by atoms with Crippen molar-refractivity contribution < 1.29 is 14.7 Å². The van der Waals surface area contributed by atoms with Crippen LogP contribution in [0.25, 0.3) is 10.2 Å². The minimum absolute atomic E-state index is 0.0235. The second kappa shape index (κ2) is 6.91. The molecule has 0 radical (unpaired) electrons. The molecule has 0 saturated carbocycles. The van der Waals surface area contributed by atoms with E-state index in [1.165, 1.54) is 27.6 Å². The monoisotopic (exact) mass is 419 g/mol. The number of carbonyl (C=O) groups excluding carboxylic acids is 2. The summed E-state index contributed by atoms with van der Waals surface area (Å²) in [6, 6.07) is 15.4. The largest absolute Gasteiger partial charge is 0.503 e. The standard InChI is InChI=1S/C21H13N3O3S2/c25-18(15-9-5-11-28-15)16-17(13-7-3-4-10-22-13)24(20(27)19(16)26)21-23-12-6-1-2-8-14(12)29-21/h1-11,17,26H. The lowest BCUT2D eigenvalue weighted by atomic mass is 9.99. The first-order valence-electron chi connectivity index (χ1n) is 8.76. The van der Waals surface area contributed by atoms with E-state index in [1.807, 2.05) is 24.3 Å². The van der Waals surface area contributed by atoms with Crippen LogP contribution in [0.5, 0.6) is 0 Å². The fraction of sp³-hybridized carbons (Fsp3) is 0.0476. The molecule has 3 aromatic heterocycles. The van der Waals surface area contributed by atoms with Crippen molar-refractivity contribution in [3.05, 3.63) is 88.1 Å². The van der Waals surface area contributed by atoms with E-state index in [4.69, 9.17) is 0 Å². The Morgan fingerprint density at radius 3 is 2.62 bits per heavy atom. The van der Waals surface area contributed by atoms with Gasteiger partial charge in [-0.2, -0.15) is 0 Å². The Hall–Kier alpha value is -3.36. The summed E-state index contributed by atoms with van der Waals surface area (Å²) in [4.78, 5) is 37.0. The van der Waals surface area contributed by atoms with Gasteiger partial charge in [-0.25, -0.2) is 4.98 Å². The number of benzene rings is 1. The molecule has 1 aliphatic rings. The van der Waals surface area contributed by atoms with Crippen molar-refractivity contribution in [2.45, 2.75) is 6.04 Å². The van der Waals surface area contributed by atoms with Gasteiger partial charge in [-0.15, -0.1) is 11.3 Å². The molecule has 0 spiro atoms. The summed E-state index contributed by atoms with van der Waals surface area (Å²) in [7, 11) is 0. The summed E-state index contributed by atoms with van der Waals surface area (Å²) in [5.74, 6) is -1.59. The number of hydrogen-bond donors (Lipinski definition) is 1. The molecule has 0 aliphatic carbocycles. The molecule has 8 heteroatoms. The molecular weight excluding hydrogens is 406 g/mol. The summed E-state index contributed by atoms with van der Waals surface area (Å²) in [5.41, 5.74) is 1.26. The number of thiazole rings is 1. The van der Waals surface area contributed by atoms with E-state index in [-0.39, 0.29) is 11.4 Å². The normalized spacial score (nSPS) is 16.8. The highest BCUT2D eigenvalue weighted by molar-refractivity contribution is 7.22. The van der Waals surface area contributed by atoms with Gasteiger partial charge in [0.25, 0.3) is 5.91 Å². The third kappa shape index (κ3) is 2.84. The minimum Gasteiger partial charge on any atom is -0.503 e. The maximum absolute atomic E-state index is 13.2. The van der Waals surface area contributed by atoms with Gasteiger partial charge in [0.05, 0.1) is 26.4 Å². The Morgan fingerprint density at radius 2 is 1.90 bits per heavy atom. The van der Waals surface area contributed by atoms with Gasteiger partial charge in [0.1, 0.15) is 6.04 Å². The third-order valence-electron chi connectivity index (χ3n) is 4.65. The molecule has 1 unspecified atom stereocenters. The first-order chi connectivity index (χ1) is 14.1. The maximum atomic E-state index is 13.2. The van der Waals surface area contributed by atoms with Crippen LogP contribution in [0.4, 0.5) is 5.13 Å². The van der Waals surface area contributed by atoms with Crippen LogP contribution >= 0.6 is 22.7 Å². The number of pyridine rings is 1. The molecule has 1 N–H and O–H groups in total. The molecule has 6 nitrogen and oxygen atoms in total. The van der Waals surface area contributed by atoms with Crippen molar-refractivity contribution >= 4 is 49.7 Å². The molecule has 142 valence electrons. The number of carbonyl (C=O) groups is 2. The molecule has 1 atom stereocenters. The van der Waals surface area contributed by atoms with E-state index in [9.17, 15) is 14.7 Å². The van der Waals surface area contributed by atoms with Gasteiger partial charge in [-0.3, -0.25) is 19.5 Å². The number of thiophene rings is 1. The molecular formula is C21H13N3O3S2. The third-order valence-corrected chi connectivity index (χ3v) is 6.56. The van der Waals surface area contributed by atoms with Gasteiger partial charge in [0.15, 0.2) is 10.9 Å². The number of aliphatic hydroxyl groups excluding tert-OH is 1. The molecule has 29 heavy (non-hydrogen) atoms. The van der Waals surface area contributed by atoms with Crippen LogP contribution in [0.1, 0.15) is 21.4 Å². The Bertz CT molecular complexity index is 1230. The predicted molar refractivity (Wildman–Crippen MR) is 112 cm³/mol. The Labute approximate surface area is 173 Å². The molecule has 5 rings (SSSR count). The highest BCUT2D eigenvalue weighted by atomic mass is 32.1. The summed E-state index contributed by atoms with van der Waals surface area (Å²) in [6.45, 7) is 0. The number of aliphatic hydroxyl groups is 1. The molecule has 4 aromatic rings. The quantitative estimate of drug-likeness (QED) is 0.491. The van der Waals surface area contributed by atoms with E-state index < -0.39 is 17.7 Å². The van der Waals surface area contributed by atoms with Crippen molar-refractivity contribution in [3.8, 4) is 0 Å². The topological polar surface area (TPSA) is 83.4 Å². The molecule has 1 amide bonds. The highest BCUT2D eigenvalue weighted by Crippen LogP contribution is 2.43. The van der Waals surface area contributed by atoms with Crippen LogP contribution in [-0.4, -0.2) is 26.8 Å². The van der Waals surface area contributed by atoms with Gasteiger partial charge >= 0.3 is 0 Å². The molecule has 1 aromatic carbocycles. The van der Waals surface area contributed by atoms with Gasteiger partial charge in [0, 0.05) is 6.20 Å². The Kier molecular flexibility index (Phi) is 4.22. The Balaban J connectivity index is 1.69. The van der Waals surface area contributed by atoms with Crippen LogP contribution in [-0.2, 0) is 4.79 Å². The fourth-order valence-corrected chi connectivity index (χ4v) is 5.03. The van der Waals surface area contributed by atoms with E-state index in [0.717, 1.165) is 10.2 Å². The number of ketones is 1. The van der Waals surface area contributed by atoms with Gasteiger partial charge in [-0.05, 0) is 35.7 Å². The van der Waals surface area contributed by atoms with Gasteiger partial charge < -0.3 is 5.11 Å². The number of Topliss-reactive ketones (excluding diaryl/α,β-unsaturated/α-hetero) is 1. The molecule has 0 saturated heterocycles. The molecule has 0 bridgehead atoms. The Morgan fingerprint density at radius 1 is 1.07 bits per heavy atom. The van der Waals surface area contributed by atoms with E-state index in [1.54, 1.807) is 41.9 Å². The zero-order valence-corrected chi connectivity index (χ0v) is 16.5. The number of hydrogen-bond acceptors (Lipinski definition) is 7. The highest BCUT2D eigenvalue weighted by Gasteiger charge is 2.46. The van der Waals surface area contributed by atoms with Crippen LogP contribution in [0.3, 0.4) is 0 Å². The zero-order valence-electron chi connectivity index (χ0n) is 14.9. The van der Waals surface area contributed by atoms with Crippen molar-refractivity contribution in [1.82, 2.24) is 9.97 Å². The number of aromatic nitrogens is 2. The van der Waals surface area contributed by atoms with E-state index in [0.29, 0.717) is 15.7 Å². The predicted octanol–water partition coefficient (Wildman–Crippen LogP) is 4.54. The SMILES string of the molecule is O=C(C1=C(O)C(=O)N(c2nc3ccccc3s2)C1c1ccccn1)c1cccs1. The van der Waals surface area contributed by atoms with Gasteiger partial charge in [-0.1, -0.05) is 35.6 Å². The van der Waals surface area contributed by atoms with Crippen LogP contribution in [0.15, 0.2) is 77.5 Å². The summed E-state index contributed by atoms with van der Waals surface area (Å²) >= 11 is 2.59. The summed E-state index contributed by atoms with van der Waals surface area (Å²) in [6.07, 6.45) is 1.60. The summed E-state index contributed by atoms with van der Waals surface area (Å²) < 4.78 is 0.910. The van der Waals surface area contributed by atoms with Crippen molar-refractivity contribution in [2.24, 2.45) is 0 Å². The lowest BCUT2D eigenvalue weighted by Crippen LogP contribution is -2.31. The molecule has 1 aliphatic heterocycles. The average Bonchev–Trinajstić information content (AvgIpc) is 3.47. The lowest BCUT2D eigenvalue weighted by Gasteiger charge is -2.23. The first-order valence-corrected chi connectivity index (χ1v) is 10.5. The number of para-hydroxylation sites is 1. The fourth-order valence-electron chi connectivity index (χ4n) is 3.36. The number of amides is 1. The smallest absolute Gasteiger partial charge is 0.296 e. The van der Waals surface area contributed by atoms with Gasteiger partial charge in [0.2, 0.25) is 5.78 Å². The van der Waals surface area contributed by atoms with Crippen molar-refractivity contribution in [1.29, 1.82) is 0 Å². The number of fused-ring (bicyclic) bond motifs is 1. The average molecular weight is 419 g/mol. The maximum Gasteiger partial charge on any atom is 0.296 e.